The summed E-state index contributed by atoms with van der Waals surface area (Å²) in [5.41, 5.74) is 25.5. The summed E-state index contributed by atoms with van der Waals surface area (Å²) in [6.07, 6.45) is 2.73. The molecule has 71 heavy (non-hydrogen) atoms. The fourth-order valence-corrected chi connectivity index (χ4v) is 9.27. The Balaban J connectivity index is 0.000000231. The number of nitrogens with one attached hydrogen (secondary N) is 2. The lowest BCUT2D eigenvalue weighted by Gasteiger charge is -2.11. The molecule has 0 bridgehead atoms. The molecule has 0 unspecified atom stereocenters. The number of nitrogens with two attached hydrogens (primary N) is 3. The van der Waals surface area contributed by atoms with Crippen molar-refractivity contribution in [2.24, 2.45) is 27.2 Å². The SMILES string of the molecule is CCC(=O)Cc1ccccc1CSC(N)=Nc1ccc(Br)cc1.CCC(=O)Cc1ccccc1CSC(N)=Nc1ccc(F)c(Cl)c1.N=C(N)SCc1cc(Br)ccc1C(=O)NCCc1ccc(Cl)cc1. The molecule has 10 nitrogen and oxygen atoms in total. The van der Waals surface area contributed by atoms with Gasteiger partial charge in [0.2, 0.25) is 0 Å². The van der Waals surface area contributed by atoms with Gasteiger partial charge in [-0.3, -0.25) is 19.8 Å². The van der Waals surface area contributed by atoms with Crippen LogP contribution in [0.25, 0.3) is 0 Å². The molecule has 372 valence electrons. The molecule has 1 amide bonds. The highest BCUT2D eigenvalue weighted by Crippen LogP contribution is 2.26. The van der Waals surface area contributed by atoms with Gasteiger partial charge in [-0.05, 0) is 113 Å². The van der Waals surface area contributed by atoms with E-state index in [2.05, 4.69) is 47.2 Å². The number of thioether (sulfide) groups is 3. The van der Waals surface area contributed by atoms with Crippen molar-refractivity contribution in [2.75, 3.05) is 6.54 Å². The normalized spacial score (nSPS) is 11.1. The smallest absolute Gasteiger partial charge is 0.251 e. The minimum absolute atomic E-state index is 0.0115. The molecule has 0 aliphatic carbocycles. The Morgan fingerprint density at radius 1 is 0.620 bits per heavy atom. The van der Waals surface area contributed by atoms with E-state index in [4.69, 9.17) is 45.8 Å². The molecule has 0 aromatic heterocycles. The van der Waals surface area contributed by atoms with E-state index in [1.807, 2.05) is 123 Å². The number of ketones is 2. The van der Waals surface area contributed by atoms with Crippen LogP contribution in [0.2, 0.25) is 10.0 Å². The van der Waals surface area contributed by atoms with E-state index in [9.17, 15) is 18.8 Å². The third kappa shape index (κ3) is 22.2. The lowest BCUT2D eigenvalue weighted by molar-refractivity contribution is -0.118. The third-order valence-corrected chi connectivity index (χ3v) is 14.1. The van der Waals surface area contributed by atoms with E-state index >= 15 is 0 Å². The zero-order valence-electron chi connectivity index (χ0n) is 39.0. The predicted octanol–water partition coefficient (Wildman–Crippen LogP) is 13.9. The minimum Gasteiger partial charge on any atom is -0.379 e. The van der Waals surface area contributed by atoms with Crippen molar-refractivity contribution in [1.82, 2.24) is 5.32 Å². The van der Waals surface area contributed by atoms with Crippen LogP contribution < -0.4 is 22.5 Å². The van der Waals surface area contributed by atoms with Crippen LogP contribution in [0.15, 0.2) is 152 Å². The summed E-state index contributed by atoms with van der Waals surface area (Å²) in [5.74, 6) is 1.63. The lowest BCUT2D eigenvalue weighted by atomic mass is 10.0. The number of benzene rings is 6. The van der Waals surface area contributed by atoms with Gasteiger partial charge in [-0.2, -0.15) is 0 Å². The average molecular weight is 1180 g/mol. The summed E-state index contributed by atoms with van der Waals surface area (Å²) >= 11 is 22.4. The molecule has 0 spiro atoms. The highest BCUT2D eigenvalue weighted by Gasteiger charge is 2.13. The lowest BCUT2D eigenvalue weighted by Crippen LogP contribution is -2.26. The molecule has 0 fully saturated rings. The maximum Gasteiger partial charge on any atom is 0.251 e. The monoisotopic (exact) mass is 1180 g/mol. The number of Topliss-reactive ketones (excluding diaryl/α,β-unsaturated/α-hetero) is 2. The predicted molar refractivity (Wildman–Crippen MR) is 306 cm³/mol. The number of amidine groups is 3. The number of hydrogen-bond acceptors (Lipinski definition) is 9. The largest absolute Gasteiger partial charge is 0.379 e. The Morgan fingerprint density at radius 2 is 1.11 bits per heavy atom. The molecule has 0 atom stereocenters. The van der Waals surface area contributed by atoms with E-state index in [1.54, 1.807) is 6.07 Å². The van der Waals surface area contributed by atoms with Crippen molar-refractivity contribution in [2.45, 2.75) is 63.2 Å². The Bertz CT molecular complexity index is 2800. The number of rotatable bonds is 18. The fraction of sp³-hybridized carbons (Fsp3) is 0.208. The van der Waals surface area contributed by atoms with E-state index < -0.39 is 5.82 Å². The van der Waals surface area contributed by atoms with Gasteiger partial charge >= 0.3 is 0 Å². The number of hydrogen-bond donors (Lipinski definition) is 5. The average Bonchev–Trinajstić information content (AvgIpc) is 3.35. The number of carbonyl (C=O) groups excluding carboxylic acids is 3. The van der Waals surface area contributed by atoms with Gasteiger partial charge in [0.15, 0.2) is 15.5 Å². The Morgan fingerprint density at radius 3 is 1.63 bits per heavy atom. The molecule has 0 saturated heterocycles. The standard InChI is InChI=1S/C18H19BrN2OS.C18H18ClFN2OS.C17H17BrClN3OS/c1-2-17(22)11-13-5-3-4-6-14(13)12-23-18(20)21-16-9-7-15(19)8-10-16;1-2-15(23)9-12-5-3-4-6-13(12)11-24-18(21)22-14-7-8-17(20)16(19)10-14;18-13-3-6-15(12(9-13)10-24-17(20)21)16(23)22-8-7-11-1-4-14(19)5-2-11/h3-10H,2,11-12H2,1H3,(H2,20,21);3-8,10H,2,9,11H2,1H3,(H2,21,22);1-6,9H,7-8,10H2,(H3,20,21)(H,22,23). The van der Waals surface area contributed by atoms with Gasteiger partial charge in [0.1, 0.15) is 17.4 Å². The molecule has 0 aliphatic heterocycles. The number of carbonyl (C=O) groups is 3. The summed E-state index contributed by atoms with van der Waals surface area (Å²) in [5, 5.41) is 11.9. The summed E-state index contributed by atoms with van der Waals surface area (Å²) in [6, 6.07) is 40.7. The van der Waals surface area contributed by atoms with Gasteiger partial charge in [0.05, 0.1) is 16.4 Å². The number of halogens is 5. The maximum atomic E-state index is 13.1. The molecule has 6 aromatic rings. The van der Waals surface area contributed by atoms with Crippen LogP contribution >= 0.6 is 90.3 Å². The van der Waals surface area contributed by atoms with Gasteiger partial charge in [-0.25, -0.2) is 14.4 Å². The summed E-state index contributed by atoms with van der Waals surface area (Å²) in [4.78, 5) is 44.4. The van der Waals surface area contributed by atoms with Crippen molar-refractivity contribution in [3.8, 4) is 0 Å². The molecule has 0 saturated carbocycles. The second-order valence-corrected chi connectivity index (χ2v) is 21.0. The van der Waals surface area contributed by atoms with Crippen LogP contribution in [0.1, 0.15) is 70.4 Å². The molecule has 6 aromatic carbocycles. The number of nitrogens with zero attached hydrogens (tertiary/aromatic N) is 2. The van der Waals surface area contributed by atoms with Gasteiger partial charge in [-0.15, -0.1) is 0 Å². The van der Waals surface area contributed by atoms with Crippen LogP contribution in [0.3, 0.4) is 0 Å². The molecule has 8 N–H and O–H groups in total. The summed E-state index contributed by atoms with van der Waals surface area (Å²) in [7, 11) is 0. The first-order valence-electron chi connectivity index (χ1n) is 22.1. The van der Waals surface area contributed by atoms with Crippen LogP contribution in [0, 0.1) is 11.2 Å². The van der Waals surface area contributed by atoms with E-state index in [0.717, 1.165) is 54.4 Å². The highest BCUT2D eigenvalue weighted by molar-refractivity contribution is 9.10. The first-order valence-corrected chi connectivity index (χ1v) is 27.4. The number of aliphatic imine (C=N–C) groups is 2. The van der Waals surface area contributed by atoms with Gasteiger partial charge in [-0.1, -0.05) is 165 Å². The first kappa shape index (κ1) is 58.6. The summed E-state index contributed by atoms with van der Waals surface area (Å²) in [6.45, 7) is 4.29. The molecule has 18 heteroatoms. The Labute approximate surface area is 454 Å². The van der Waals surface area contributed by atoms with E-state index in [-0.39, 0.29) is 27.7 Å². The maximum absolute atomic E-state index is 13.1. The van der Waals surface area contributed by atoms with Gasteiger partial charge in [0.25, 0.3) is 5.91 Å². The molecular weight excluding hydrogens is 1130 g/mol. The van der Waals surface area contributed by atoms with Crippen LogP contribution in [0.5, 0.6) is 0 Å². The molecule has 0 radical (unpaired) electrons. The van der Waals surface area contributed by atoms with Gasteiger partial charge in [0, 0.05) is 69.0 Å². The van der Waals surface area contributed by atoms with Gasteiger partial charge < -0.3 is 22.5 Å². The summed E-state index contributed by atoms with van der Waals surface area (Å²) < 4.78 is 15.0. The topological polar surface area (TPSA) is 190 Å². The van der Waals surface area contributed by atoms with Crippen LogP contribution in [-0.4, -0.2) is 39.5 Å². The second-order valence-electron chi connectivity index (χ2n) is 15.3. The Hall–Kier alpha value is -4.94. The van der Waals surface area contributed by atoms with Crippen LogP contribution in [0.4, 0.5) is 15.8 Å². The van der Waals surface area contributed by atoms with Crippen molar-refractivity contribution in [1.29, 1.82) is 5.41 Å². The number of amides is 1. The van der Waals surface area contributed by atoms with E-state index in [0.29, 0.717) is 76.1 Å². The quantitative estimate of drug-likeness (QED) is 0.0412. The zero-order valence-corrected chi connectivity index (χ0v) is 46.2. The molecule has 6 rings (SSSR count). The molecule has 0 aliphatic rings. The van der Waals surface area contributed by atoms with Crippen molar-refractivity contribution in [3.63, 3.8) is 0 Å². The van der Waals surface area contributed by atoms with Crippen molar-refractivity contribution >= 4 is 135 Å². The van der Waals surface area contributed by atoms with Crippen LogP contribution in [-0.2, 0) is 46.1 Å². The molecule has 0 heterocycles. The van der Waals surface area contributed by atoms with Crippen molar-refractivity contribution in [3.05, 3.63) is 197 Å². The van der Waals surface area contributed by atoms with Crippen molar-refractivity contribution < 1.29 is 18.8 Å². The fourth-order valence-electron chi connectivity index (χ4n) is 6.23. The Kier molecular flexibility index (Phi) is 26.0. The second kappa shape index (κ2) is 31.5. The highest BCUT2D eigenvalue weighted by atomic mass is 79.9. The third-order valence-electron chi connectivity index (χ3n) is 10.1. The van der Waals surface area contributed by atoms with E-state index in [1.165, 1.54) is 53.5 Å². The first-order chi connectivity index (χ1) is 34.0. The zero-order chi connectivity index (χ0) is 51.7. The minimum atomic E-state index is -0.489. The molecular formula is C53H54Br2Cl2FN7O3S3.